The molecular formula is C15H27NO2. The molecule has 3 heteroatoms. The summed E-state index contributed by atoms with van der Waals surface area (Å²) in [4.78, 5) is 14.0. The first-order valence-corrected chi connectivity index (χ1v) is 7.37. The van der Waals surface area contributed by atoms with Crippen molar-refractivity contribution in [3.05, 3.63) is 0 Å². The summed E-state index contributed by atoms with van der Waals surface area (Å²) in [5.74, 6) is 0.694. The van der Waals surface area contributed by atoms with E-state index >= 15 is 0 Å². The number of aldehydes is 1. The average Bonchev–Trinajstić information content (AvgIpc) is 2.27. The van der Waals surface area contributed by atoms with E-state index in [4.69, 9.17) is 4.74 Å². The van der Waals surface area contributed by atoms with E-state index in [-0.39, 0.29) is 5.41 Å². The number of rotatable bonds is 3. The smallest absolute Gasteiger partial charge is 0.127 e. The van der Waals surface area contributed by atoms with Gasteiger partial charge in [-0.1, -0.05) is 19.8 Å². The molecule has 0 aromatic carbocycles. The van der Waals surface area contributed by atoms with E-state index in [0.29, 0.717) is 18.1 Å². The Bertz CT molecular complexity index is 284. The zero-order valence-electron chi connectivity index (χ0n) is 12.0. The predicted molar refractivity (Wildman–Crippen MR) is 72.6 cm³/mol. The summed E-state index contributed by atoms with van der Waals surface area (Å²) in [5, 5.41) is 0. The third-order valence-corrected chi connectivity index (χ3v) is 4.41. The molecule has 0 aromatic heterocycles. The van der Waals surface area contributed by atoms with Crippen molar-refractivity contribution in [3.63, 3.8) is 0 Å². The summed E-state index contributed by atoms with van der Waals surface area (Å²) in [6, 6.07) is 0. The lowest BCUT2D eigenvalue weighted by Crippen LogP contribution is -2.50. The second-order valence-corrected chi connectivity index (χ2v) is 6.63. The quantitative estimate of drug-likeness (QED) is 0.724. The molecule has 3 nitrogen and oxygen atoms in total. The Balaban J connectivity index is 1.98. The van der Waals surface area contributed by atoms with E-state index in [1.54, 1.807) is 0 Å². The van der Waals surface area contributed by atoms with Crippen molar-refractivity contribution in [2.24, 2.45) is 11.3 Å². The minimum absolute atomic E-state index is 0.0888. The molecule has 0 bridgehead atoms. The SMILES string of the molecule is CC1CCCC(C=O)(CN2CC(C)OC(C)C2)C1. The first-order valence-electron chi connectivity index (χ1n) is 7.37. The molecule has 4 atom stereocenters. The minimum Gasteiger partial charge on any atom is -0.373 e. The summed E-state index contributed by atoms with van der Waals surface area (Å²) >= 11 is 0. The summed E-state index contributed by atoms with van der Waals surface area (Å²) in [6.07, 6.45) is 6.45. The number of hydrogen-bond acceptors (Lipinski definition) is 3. The van der Waals surface area contributed by atoms with Crippen LogP contribution < -0.4 is 0 Å². The number of carbonyl (C=O) groups is 1. The monoisotopic (exact) mass is 253 g/mol. The third kappa shape index (κ3) is 3.33. The van der Waals surface area contributed by atoms with Crippen LogP contribution in [0.5, 0.6) is 0 Å². The second kappa shape index (κ2) is 5.70. The second-order valence-electron chi connectivity index (χ2n) is 6.63. The third-order valence-electron chi connectivity index (χ3n) is 4.41. The molecule has 0 radical (unpaired) electrons. The molecule has 18 heavy (non-hydrogen) atoms. The van der Waals surface area contributed by atoms with Crippen molar-refractivity contribution in [2.75, 3.05) is 19.6 Å². The summed E-state index contributed by atoms with van der Waals surface area (Å²) in [7, 11) is 0. The number of carbonyl (C=O) groups excluding carboxylic acids is 1. The molecule has 2 aliphatic rings. The summed E-state index contributed by atoms with van der Waals surface area (Å²) in [5.41, 5.74) is -0.0888. The van der Waals surface area contributed by atoms with Gasteiger partial charge in [-0.3, -0.25) is 4.90 Å². The Hall–Kier alpha value is -0.410. The van der Waals surface area contributed by atoms with E-state index in [1.807, 2.05) is 0 Å². The van der Waals surface area contributed by atoms with E-state index in [2.05, 4.69) is 25.7 Å². The Morgan fingerprint density at radius 3 is 2.50 bits per heavy atom. The normalized spacial score (nSPS) is 42.7. The summed E-state index contributed by atoms with van der Waals surface area (Å²) < 4.78 is 5.76. The highest BCUT2D eigenvalue weighted by Crippen LogP contribution is 2.38. The molecular weight excluding hydrogens is 226 g/mol. The topological polar surface area (TPSA) is 29.5 Å². The molecule has 2 rings (SSSR count). The number of ether oxygens (including phenoxy) is 1. The standard InChI is InChI=1S/C15H27NO2/c1-12-5-4-6-15(7-12,11-17)10-16-8-13(2)18-14(3)9-16/h11-14H,4-10H2,1-3H3. The molecule has 1 saturated carbocycles. The molecule has 0 N–H and O–H groups in total. The molecule has 2 fully saturated rings. The van der Waals surface area contributed by atoms with Crippen molar-refractivity contribution < 1.29 is 9.53 Å². The van der Waals surface area contributed by atoms with Crippen LogP contribution in [0.3, 0.4) is 0 Å². The van der Waals surface area contributed by atoms with Crippen LogP contribution in [0.4, 0.5) is 0 Å². The lowest BCUT2D eigenvalue weighted by molar-refractivity contribution is -0.124. The molecule has 0 aromatic rings. The number of hydrogen-bond donors (Lipinski definition) is 0. The molecule has 1 heterocycles. The zero-order valence-corrected chi connectivity index (χ0v) is 12.0. The van der Waals surface area contributed by atoms with Gasteiger partial charge in [0, 0.05) is 25.0 Å². The van der Waals surface area contributed by atoms with E-state index in [0.717, 1.165) is 32.5 Å². The maximum Gasteiger partial charge on any atom is 0.127 e. The van der Waals surface area contributed by atoms with Crippen molar-refractivity contribution in [1.82, 2.24) is 4.90 Å². The van der Waals surface area contributed by atoms with E-state index in [1.165, 1.54) is 19.1 Å². The Morgan fingerprint density at radius 1 is 1.28 bits per heavy atom. The van der Waals surface area contributed by atoms with Gasteiger partial charge in [-0.2, -0.15) is 0 Å². The zero-order chi connectivity index (χ0) is 13.2. The van der Waals surface area contributed by atoms with Crippen molar-refractivity contribution >= 4 is 6.29 Å². The van der Waals surface area contributed by atoms with Crippen molar-refractivity contribution in [3.8, 4) is 0 Å². The van der Waals surface area contributed by atoms with Crippen LogP contribution in [-0.2, 0) is 9.53 Å². The number of nitrogens with zero attached hydrogens (tertiary/aromatic N) is 1. The van der Waals surface area contributed by atoms with Gasteiger partial charge in [-0.05, 0) is 32.6 Å². The summed E-state index contributed by atoms with van der Waals surface area (Å²) in [6.45, 7) is 9.39. The van der Waals surface area contributed by atoms with Gasteiger partial charge in [0.2, 0.25) is 0 Å². The molecule has 1 aliphatic heterocycles. The first-order chi connectivity index (χ1) is 8.53. The number of morpholine rings is 1. The Labute approximate surface area is 111 Å². The largest absolute Gasteiger partial charge is 0.373 e. The predicted octanol–water partition coefficient (Wildman–Crippen LogP) is 2.49. The molecule has 1 saturated heterocycles. The van der Waals surface area contributed by atoms with Crippen LogP contribution in [0.1, 0.15) is 46.5 Å². The lowest BCUT2D eigenvalue weighted by atomic mass is 9.70. The van der Waals surface area contributed by atoms with Crippen molar-refractivity contribution in [2.45, 2.75) is 58.7 Å². The van der Waals surface area contributed by atoms with Gasteiger partial charge < -0.3 is 9.53 Å². The van der Waals surface area contributed by atoms with Crippen LogP contribution in [0.15, 0.2) is 0 Å². The highest BCUT2D eigenvalue weighted by atomic mass is 16.5. The average molecular weight is 253 g/mol. The van der Waals surface area contributed by atoms with Gasteiger partial charge in [-0.15, -0.1) is 0 Å². The molecule has 0 spiro atoms. The van der Waals surface area contributed by atoms with E-state index < -0.39 is 0 Å². The lowest BCUT2D eigenvalue weighted by Gasteiger charge is -2.43. The highest BCUT2D eigenvalue weighted by Gasteiger charge is 2.37. The minimum atomic E-state index is -0.0888. The van der Waals surface area contributed by atoms with Crippen LogP contribution in [-0.4, -0.2) is 43.0 Å². The molecule has 0 amide bonds. The molecule has 1 aliphatic carbocycles. The maximum absolute atomic E-state index is 11.6. The highest BCUT2D eigenvalue weighted by molar-refractivity contribution is 5.60. The van der Waals surface area contributed by atoms with Gasteiger partial charge in [0.1, 0.15) is 6.29 Å². The van der Waals surface area contributed by atoms with Crippen molar-refractivity contribution in [1.29, 1.82) is 0 Å². The van der Waals surface area contributed by atoms with Crippen LogP contribution >= 0.6 is 0 Å². The first kappa shape index (κ1) is 14.0. The fourth-order valence-corrected chi connectivity index (χ4v) is 3.85. The van der Waals surface area contributed by atoms with Crippen LogP contribution in [0.2, 0.25) is 0 Å². The van der Waals surface area contributed by atoms with Gasteiger partial charge in [0.05, 0.1) is 12.2 Å². The van der Waals surface area contributed by atoms with Gasteiger partial charge in [0.25, 0.3) is 0 Å². The van der Waals surface area contributed by atoms with Gasteiger partial charge in [0.15, 0.2) is 0 Å². The van der Waals surface area contributed by atoms with Gasteiger partial charge >= 0.3 is 0 Å². The van der Waals surface area contributed by atoms with Crippen LogP contribution in [0, 0.1) is 11.3 Å². The Kier molecular flexibility index (Phi) is 4.44. The fourth-order valence-electron chi connectivity index (χ4n) is 3.85. The van der Waals surface area contributed by atoms with Crippen LogP contribution in [0.25, 0.3) is 0 Å². The van der Waals surface area contributed by atoms with Gasteiger partial charge in [-0.25, -0.2) is 0 Å². The fraction of sp³-hybridized carbons (Fsp3) is 0.933. The molecule has 4 unspecified atom stereocenters. The van der Waals surface area contributed by atoms with E-state index in [9.17, 15) is 4.79 Å². The maximum atomic E-state index is 11.6. The molecule has 104 valence electrons. The Morgan fingerprint density at radius 2 is 1.94 bits per heavy atom.